The number of benzene rings is 1. The van der Waals surface area contributed by atoms with Crippen LogP contribution in [0.1, 0.15) is 49.1 Å². The molecule has 0 aliphatic carbocycles. The highest BCUT2D eigenvalue weighted by Gasteiger charge is 2.36. The number of cyclic esters (lactones) is 1. The standard InChI is InChI=1S/C18H22FNO3S/c1-11(21)20-10-14-9-16(18(22)23-14)13-2-3-15(17(19)8-13)12-4-6-24-7-5-12/h2-3,8,12,14,16H,4-7,9-10H2,1H3,(H,20,21). The molecule has 2 saturated heterocycles. The van der Waals surface area contributed by atoms with Gasteiger partial charge in [-0.3, -0.25) is 9.59 Å². The first-order chi connectivity index (χ1) is 11.5. The summed E-state index contributed by atoms with van der Waals surface area (Å²) in [7, 11) is 0. The molecule has 3 rings (SSSR count). The van der Waals surface area contributed by atoms with Gasteiger partial charge in [-0.15, -0.1) is 0 Å². The first-order valence-corrected chi connectivity index (χ1v) is 9.52. The summed E-state index contributed by atoms with van der Waals surface area (Å²) in [6.07, 6.45) is 2.14. The Labute approximate surface area is 145 Å². The van der Waals surface area contributed by atoms with Crippen molar-refractivity contribution < 1.29 is 18.7 Å². The SMILES string of the molecule is CC(=O)NCC1CC(c2ccc(C3CCSCC3)c(F)c2)C(=O)O1. The summed E-state index contributed by atoms with van der Waals surface area (Å²) >= 11 is 1.92. The molecule has 1 amide bonds. The number of halogens is 1. The largest absolute Gasteiger partial charge is 0.460 e. The van der Waals surface area contributed by atoms with E-state index in [9.17, 15) is 14.0 Å². The van der Waals surface area contributed by atoms with Crippen molar-refractivity contribution in [2.45, 2.75) is 44.1 Å². The van der Waals surface area contributed by atoms with Crippen LogP contribution in [0.2, 0.25) is 0 Å². The molecule has 0 radical (unpaired) electrons. The predicted molar refractivity (Wildman–Crippen MR) is 91.6 cm³/mol. The lowest BCUT2D eigenvalue weighted by molar-refractivity contribution is -0.142. The van der Waals surface area contributed by atoms with Crippen molar-refractivity contribution in [3.8, 4) is 0 Å². The molecule has 0 aromatic heterocycles. The second-order valence-electron chi connectivity index (χ2n) is 6.45. The van der Waals surface area contributed by atoms with Crippen LogP contribution in [0.15, 0.2) is 18.2 Å². The molecule has 4 nitrogen and oxygen atoms in total. The number of hydrogen-bond acceptors (Lipinski definition) is 4. The van der Waals surface area contributed by atoms with Gasteiger partial charge in [0.1, 0.15) is 11.9 Å². The van der Waals surface area contributed by atoms with Crippen molar-refractivity contribution in [3.05, 3.63) is 35.1 Å². The number of thioether (sulfide) groups is 1. The maximum absolute atomic E-state index is 14.6. The number of hydrogen-bond donors (Lipinski definition) is 1. The second kappa shape index (κ2) is 7.55. The lowest BCUT2D eigenvalue weighted by Gasteiger charge is -2.22. The fraction of sp³-hybridized carbons (Fsp3) is 0.556. The monoisotopic (exact) mass is 351 g/mol. The molecule has 2 fully saturated rings. The molecule has 2 aliphatic rings. The number of esters is 1. The van der Waals surface area contributed by atoms with Gasteiger partial charge in [-0.05, 0) is 47.5 Å². The van der Waals surface area contributed by atoms with Gasteiger partial charge < -0.3 is 10.1 Å². The van der Waals surface area contributed by atoms with Crippen LogP contribution in [0.3, 0.4) is 0 Å². The minimum absolute atomic E-state index is 0.157. The molecule has 2 aliphatic heterocycles. The van der Waals surface area contributed by atoms with E-state index in [-0.39, 0.29) is 29.7 Å². The minimum atomic E-state index is -0.450. The number of rotatable bonds is 4. The Kier molecular flexibility index (Phi) is 5.43. The highest BCUT2D eigenvalue weighted by Crippen LogP contribution is 2.36. The summed E-state index contributed by atoms with van der Waals surface area (Å²) in [5.74, 6) is 1.26. The first kappa shape index (κ1) is 17.3. The zero-order valence-electron chi connectivity index (χ0n) is 13.7. The molecule has 1 aromatic carbocycles. The van der Waals surface area contributed by atoms with Crippen molar-refractivity contribution in [3.63, 3.8) is 0 Å². The average Bonchev–Trinajstić information content (AvgIpc) is 2.94. The molecule has 0 saturated carbocycles. The molecule has 130 valence electrons. The van der Waals surface area contributed by atoms with Crippen LogP contribution in [-0.2, 0) is 14.3 Å². The van der Waals surface area contributed by atoms with Gasteiger partial charge in [-0.1, -0.05) is 12.1 Å². The zero-order chi connectivity index (χ0) is 17.1. The molecular weight excluding hydrogens is 329 g/mol. The van der Waals surface area contributed by atoms with Gasteiger partial charge in [0.2, 0.25) is 5.91 Å². The van der Waals surface area contributed by atoms with Crippen LogP contribution in [0.25, 0.3) is 0 Å². The van der Waals surface area contributed by atoms with Crippen LogP contribution >= 0.6 is 11.8 Å². The Balaban J connectivity index is 1.69. The van der Waals surface area contributed by atoms with E-state index in [1.807, 2.05) is 23.9 Å². The fourth-order valence-electron chi connectivity index (χ4n) is 3.41. The van der Waals surface area contributed by atoms with E-state index in [0.717, 1.165) is 29.9 Å². The zero-order valence-corrected chi connectivity index (χ0v) is 14.5. The molecule has 2 atom stereocenters. The van der Waals surface area contributed by atoms with E-state index in [1.165, 1.54) is 13.0 Å². The summed E-state index contributed by atoms with van der Waals surface area (Å²) in [4.78, 5) is 23.0. The summed E-state index contributed by atoms with van der Waals surface area (Å²) in [5, 5.41) is 2.65. The number of amides is 1. The third kappa shape index (κ3) is 3.91. The normalized spacial score (nSPS) is 24.7. The molecule has 2 heterocycles. The van der Waals surface area contributed by atoms with Gasteiger partial charge in [0, 0.05) is 13.3 Å². The lowest BCUT2D eigenvalue weighted by atomic mass is 9.89. The average molecular weight is 351 g/mol. The Hall–Kier alpha value is -1.56. The molecular formula is C18H22FNO3S. The number of carbonyl (C=O) groups excluding carboxylic acids is 2. The van der Waals surface area contributed by atoms with Crippen molar-refractivity contribution in [1.29, 1.82) is 0 Å². The first-order valence-electron chi connectivity index (χ1n) is 8.36. The van der Waals surface area contributed by atoms with E-state index < -0.39 is 5.92 Å². The summed E-state index contributed by atoms with van der Waals surface area (Å²) in [6, 6.07) is 5.18. The molecule has 2 unspecified atom stereocenters. The molecule has 1 aromatic rings. The van der Waals surface area contributed by atoms with E-state index >= 15 is 0 Å². The quantitative estimate of drug-likeness (QED) is 0.848. The van der Waals surface area contributed by atoms with Gasteiger partial charge in [0.15, 0.2) is 0 Å². The predicted octanol–water partition coefficient (Wildman–Crippen LogP) is 2.97. The van der Waals surface area contributed by atoms with Crippen molar-refractivity contribution in [1.82, 2.24) is 5.32 Å². The maximum Gasteiger partial charge on any atom is 0.313 e. The maximum atomic E-state index is 14.6. The van der Waals surface area contributed by atoms with Gasteiger partial charge >= 0.3 is 5.97 Å². The topological polar surface area (TPSA) is 55.4 Å². The van der Waals surface area contributed by atoms with Crippen LogP contribution in [0.4, 0.5) is 4.39 Å². The molecule has 0 spiro atoms. The second-order valence-corrected chi connectivity index (χ2v) is 7.68. The van der Waals surface area contributed by atoms with Crippen molar-refractivity contribution >= 4 is 23.6 Å². The third-order valence-corrected chi connectivity index (χ3v) is 5.78. The Bertz CT molecular complexity index is 631. The fourth-order valence-corrected chi connectivity index (χ4v) is 4.51. The Morgan fingerprint density at radius 3 is 2.79 bits per heavy atom. The highest BCUT2D eigenvalue weighted by molar-refractivity contribution is 7.99. The molecule has 1 N–H and O–H groups in total. The third-order valence-electron chi connectivity index (χ3n) is 4.73. The number of nitrogens with one attached hydrogen (secondary N) is 1. The van der Waals surface area contributed by atoms with Gasteiger partial charge in [-0.2, -0.15) is 11.8 Å². The van der Waals surface area contributed by atoms with E-state index in [2.05, 4.69) is 5.32 Å². The molecule has 0 bridgehead atoms. The van der Waals surface area contributed by atoms with Crippen LogP contribution < -0.4 is 5.32 Å². The number of ether oxygens (including phenoxy) is 1. The van der Waals surface area contributed by atoms with Crippen molar-refractivity contribution in [2.24, 2.45) is 0 Å². The van der Waals surface area contributed by atoms with Gasteiger partial charge in [-0.25, -0.2) is 4.39 Å². The van der Waals surface area contributed by atoms with E-state index in [1.54, 1.807) is 0 Å². The summed E-state index contributed by atoms with van der Waals surface area (Å²) < 4.78 is 19.8. The van der Waals surface area contributed by atoms with Crippen LogP contribution in [0, 0.1) is 5.82 Å². The van der Waals surface area contributed by atoms with E-state index in [4.69, 9.17) is 4.74 Å². The van der Waals surface area contributed by atoms with Crippen LogP contribution in [-0.4, -0.2) is 36.0 Å². The molecule has 24 heavy (non-hydrogen) atoms. The summed E-state index contributed by atoms with van der Waals surface area (Å²) in [6.45, 7) is 1.73. The van der Waals surface area contributed by atoms with Crippen LogP contribution in [0.5, 0.6) is 0 Å². The van der Waals surface area contributed by atoms with E-state index in [0.29, 0.717) is 18.5 Å². The van der Waals surface area contributed by atoms with Gasteiger partial charge in [0.25, 0.3) is 0 Å². The molecule has 6 heteroatoms. The highest BCUT2D eigenvalue weighted by atomic mass is 32.2. The summed E-state index contributed by atoms with van der Waals surface area (Å²) in [5.41, 5.74) is 1.43. The lowest BCUT2D eigenvalue weighted by Crippen LogP contribution is -2.30. The smallest absolute Gasteiger partial charge is 0.313 e. The minimum Gasteiger partial charge on any atom is -0.460 e. The van der Waals surface area contributed by atoms with Gasteiger partial charge in [0.05, 0.1) is 12.5 Å². The Morgan fingerprint density at radius 1 is 1.38 bits per heavy atom. The van der Waals surface area contributed by atoms with Crippen molar-refractivity contribution in [2.75, 3.05) is 18.1 Å². The number of carbonyl (C=O) groups is 2. The Morgan fingerprint density at radius 2 is 2.12 bits per heavy atom.